The molecule has 19 heavy (non-hydrogen) atoms. The van der Waals surface area contributed by atoms with Crippen LogP contribution in [0.1, 0.15) is 37.6 Å². The summed E-state index contributed by atoms with van der Waals surface area (Å²) in [6, 6.07) is 8.04. The van der Waals surface area contributed by atoms with Crippen LogP contribution >= 0.6 is 0 Å². The van der Waals surface area contributed by atoms with Gasteiger partial charge in [0.25, 0.3) is 0 Å². The maximum atomic E-state index is 5.70. The summed E-state index contributed by atoms with van der Waals surface area (Å²) in [4.78, 5) is 0. The maximum Gasteiger partial charge on any atom is 0.124 e. The normalized spacial score (nSPS) is 12.3. The van der Waals surface area contributed by atoms with E-state index in [1.165, 1.54) is 0 Å². The molecule has 2 aromatic rings. The molecule has 2 rings (SSSR count). The van der Waals surface area contributed by atoms with Crippen LogP contribution in [0.15, 0.2) is 30.5 Å². The summed E-state index contributed by atoms with van der Waals surface area (Å²) in [5.41, 5.74) is 1.97. The Morgan fingerprint density at radius 2 is 2.16 bits per heavy atom. The molecule has 0 bridgehead atoms. The smallest absolute Gasteiger partial charge is 0.124 e. The topological polar surface area (TPSA) is 62.8 Å². The van der Waals surface area contributed by atoms with Crippen LogP contribution in [0.4, 0.5) is 0 Å². The third-order valence-electron chi connectivity index (χ3n) is 2.86. The Morgan fingerprint density at radius 3 is 2.84 bits per heavy atom. The second kappa shape index (κ2) is 6.89. The highest BCUT2D eigenvalue weighted by molar-refractivity contribution is 5.39. The average Bonchev–Trinajstić information content (AvgIpc) is 2.95. The van der Waals surface area contributed by atoms with Crippen molar-refractivity contribution in [1.29, 1.82) is 0 Å². The van der Waals surface area contributed by atoms with Crippen LogP contribution in [-0.4, -0.2) is 28.6 Å². The van der Waals surface area contributed by atoms with E-state index in [0.29, 0.717) is 6.61 Å². The summed E-state index contributed by atoms with van der Waals surface area (Å²) in [5, 5.41) is 14.2. The largest absolute Gasteiger partial charge is 0.494 e. The van der Waals surface area contributed by atoms with E-state index in [9.17, 15) is 0 Å². The number of benzene rings is 1. The minimum absolute atomic E-state index is 0.00134. The fourth-order valence-electron chi connectivity index (χ4n) is 2.02. The van der Waals surface area contributed by atoms with Crippen LogP contribution in [0.25, 0.3) is 0 Å². The molecule has 102 valence electrons. The van der Waals surface area contributed by atoms with Gasteiger partial charge < -0.3 is 10.1 Å². The van der Waals surface area contributed by atoms with Gasteiger partial charge in [0.15, 0.2) is 0 Å². The third-order valence-corrected chi connectivity index (χ3v) is 2.86. The average molecular weight is 260 g/mol. The van der Waals surface area contributed by atoms with Crippen molar-refractivity contribution in [2.24, 2.45) is 0 Å². The highest BCUT2D eigenvalue weighted by Gasteiger charge is 2.19. The first-order valence-electron chi connectivity index (χ1n) is 6.67. The van der Waals surface area contributed by atoms with Crippen LogP contribution < -0.4 is 10.1 Å². The molecule has 0 saturated heterocycles. The Bertz CT molecular complexity index is 484. The van der Waals surface area contributed by atoms with E-state index in [1.54, 1.807) is 6.20 Å². The zero-order valence-electron chi connectivity index (χ0n) is 11.4. The monoisotopic (exact) mass is 260 g/mol. The van der Waals surface area contributed by atoms with Crippen molar-refractivity contribution < 1.29 is 4.74 Å². The molecule has 0 saturated carbocycles. The third kappa shape index (κ3) is 3.32. The minimum atomic E-state index is 0.00134. The van der Waals surface area contributed by atoms with E-state index in [4.69, 9.17) is 4.74 Å². The molecule has 0 fully saturated rings. The lowest BCUT2D eigenvalue weighted by molar-refractivity contribution is 0.333. The second-order valence-corrected chi connectivity index (χ2v) is 4.25. The Hall–Kier alpha value is -1.88. The standard InChI is InChI=1S/C14H20N4O/c1-3-9-15-14(12-10-16-18-17-12)11-7-5-6-8-13(11)19-4-2/h5-8,10,14-15H,3-4,9H2,1-2H3,(H,16,17,18). The van der Waals surface area contributed by atoms with Crippen molar-refractivity contribution in [3.05, 3.63) is 41.7 Å². The molecular weight excluding hydrogens is 240 g/mol. The number of rotatable bonds is 7. The highest BCUT2D eigenvalue weighted by atomic mass is 16.5. The van der Waals surface area contributed by atoms with Crippen LogP contribution in [-0.2, 0) is 0 Å². The molecule has 1 heterocycles. The summed E-state index contributed by atoms with van der Waals surface area (Å²) in [6.45, 7) is 5.69. The predicted molar refractivity (Wildman–Crippen MR) is 74.1 cm³/mol. The maximum absolute atomic E-state index is 5.70. The van der Waals surface area contributed by atoms with Gasteiger partial charge in [-0.15, -0.1) is 0 Å². The fraction of sp³-hybridized carbons (Fsp3) is 0.429. The van der Waals surface area contributed by atoms with Gasteiger partial charge in [0, 0.05) is 5.56 Å². The minimum Gasteiger partial charge on any atom is -0.494 e. The van der Waals surface area contributed by atoms with E-state index in [0.717, 1.165) is 30.0 Å². The molecule has 0 amide bonds. The first-order chi connectivity index (χ1) is 9.36. The van der Waals surface area contributed by atoms with Gasteiger partial charge in [-0.1, -0.05) is 25.1 Å². The lowest BCUT2D eigenvalue weighted by Crippen LogP contribution is -2.24. The van der Waals surface area contributed by atoms with Crippen molar-refractivity contribution in [1.82, 2.24) is 20.7 Å². The molecule has 2 N–H and O–H groups in total. The molecule has 1 aromatic carbocycles. The van der Waals surface area contributed by atoms with Crippen molar-refractivity contribution in [2.45, 2.75) is 26.3 Å². The molecule has 0 aliphatic heterocycles. The van der Waals surface area contributed by atoms with Gasteiger partial charge in [0.1, 0.15) is 11.4 Å². The molecule has 0 spiro atoms. The summed E-state index contributed by atoms with van der Waals surface area (Å²) in [6.07, 6.45) is 2.81. The summed E-state index contributed by atoms with van der Waals surface area (Å²) in [5.74, 6) is 0.890. The second-order valence-electron chi connectivity index (χ2n) is 4.25. The van der Waals surface area contributed by atoms with Gasteiger partial charge in [-0.25, -0.2) is 0 Å². The van der Waals surface area contributed by atoms with E-state index in [-0.39, 0.29) is 6.04 Å². The molecular formula is C14H20N4O. The number of para-hydroxylation sites is 1. The van der Waals surface area contributed by atoms with Gasteiger partial charge in [0.2, 0.25) is 0 Å². The zero-order chi connectivity index (χ0) is 13.5. The molecule has 0 aliphatic carbocycles. The van der Waals surface area contributed by atoms with Crippen LogP contribution in [0.5, 0.6) is 5.75 Å². The SMILES string of the molecule is CCCNC(c1cn[nH]n1)c1ccccc1OCC. The highest BCUT2D eigenvalue weighted by Crippen LogP contribution is 2.28. The van der Waals surface area contributed by atoms with Crippen molar-refractivity contribution in [3.8, 4) is 5.75 Å². The van der Waals surface area contributed by atoms with Crippen LogP contribution in [0.2, 0.25) is 0 Å². The van der Waals surface area contributed by atoms with Crippen molar-refractivity contribution in [3.63, 3.8) is 0 Å². The van der Waals surface area contributed by atoms with Gasteiger partial charge in [-0.3, -0.25) is 0 Å². The summed E-state index contributed by atoms with van der Waals surface area (Å²) >= 11 is 0. The summed E-state index contributed by atoms with van der Waals surface area (Å²) in [7, 11) is 0. The summed E-state index contributed by atoms with van der Waals surface area (Å²) < 4.78 is 5.70. The molecule has 5 nitrogen and oxygen atoms in total. The van der Waals surface area contributed by atoms with Gasteiger partial charge in [-0.2, -0.15) is 15.4 Å². The Labute approximate surface area is 113 Å². The Kier molecular flexibility index (Phi) is 4.92. The van der Waals surface area contributed by atoms with E-state index in [2.05, 4.69) is 33.7 Å². The number of aromatic nitrogens is 3. The number of nitrogens with zero attached hydrogens (tertiary/aromatic N) is 2. The van der Waals surface area contributed by atoms with Crippen LogP contribution in [0.3, 0.4) is 0 Å². The Morgan fingerprint density at radius 1 is 1.32 bits per heavy atom. The first-order valence-corrected chi connectivity index (χ1v) is 6.67. The number of ether oxygens (including phenoxy) is 1. The number of nitrogens with one attached hydrogen (secondary N) is 2. The fourth-order valence-corrected chi connectivity index (χ4v) is 2.02. The first kappa shape index (κ1) is 13.5. The number of aromatic amines is 1. The predicted octanol–water partition coefficient (Wildman–Crippen LogP) is 2.29. The molecule has 1 unspecified atom stereocenters. The van der Waals surface area contributed by atoms with E-state index in [1.807, 2.05) is 25.1 Å². The number of hydrogen-bond acceptors (Lipinski definition) is 4. The van der Waals surface area contributed by atoms with Gasteiger partial charge in [0.05, 0.1) is 18.8 Å². The molecule has 0 aliphatic rings. The van der Waals surface area contributed by atoms with Gasteiger partial charge in [-0.05, 0) is 26.0 Å². The van der Waals surface area contributed by atoms with Gasteiger partial charge >= 0.3 is 0 Å². The molecule has 1 aromatic heterocycles. The molecule has 0 radical (unpaired) electrons. The lowest BCUT2D eigenvalue weighted by atomic mass is 10.0. The zero-order valence-corrected chi connectivity index (χ0v) is 11.4. The van der Waals surface area contributed by atoms with Crippen molar-refractivity contribution in [2.75, 3.05) is 13.2 Å². The molecule has 5 heteroatoms. The number of hydrogen-bond donors (Lipinski definition) is 2. The Balaban J connectivity index is 2.32. The number of H-pyrrole nitrogens is 1. The quantitative estimate of drug-likeness (QED) is 0.801. The molecule has 1 atom stereocenters. The van der Waals surface area contributed by atoms with E-state index < -0.39 is 0 Å². The van der Waals surface area contributed by atoms with Crippen LogP contribution in [0, 0.1) is 0 Å². The lowest BCUT2D eigenvalue weighted by Gasteiger charge is -2.19. The van der Waals surface area contributed by atoms with Crippen molar-refractivity contribution >= 4 is 0 Å². The van der Waals surface area contributed by atoms with E-state index >= 15 is 0 Å².